The van der Waals surface area contributed by atoms with E-state index in [2.05, 4.69) is 15.7 Å². The van der Waals surface area contributed by atoms with Crippen molar-refractivity contribution in [2.24, 2.45) is 12.2 Å². The minimum absolute atomic E-state index is 0.0510. The number of nitrogens with one attached hydrogen (secondary N) is 2. The highest BCUT2D eigenvalue weighted by Gasteiger charge is 2.08. The smallest absolute Gasteiger partial charge is 0.238 e. The predicted octanol–water partition coefficient (Wildman–Crippen LogP) is 1.18. The van der Waals surface area contributed by atoms with Crippen LogP contribution in [-0.2, 0) is 17.1 Å². The third kappa shape index (κ3) is 3.78. The molecule has 0 aliphatic heterocycles. The van der Waals surface area contributed by atoms with E-state index < -0.39 is 10.0 Å². The molecular formula is C12H15N5O2S2. The largest absolute Gasteiger partial charge is 0.332 e. The topological polar surface area (TPSA) is 102 Å². The standard InChI is InChI=1S/C12H15N5O2S2/c1-8-11(7-14-17(8)2)16-12(20)15-9-3-5-10(6-4-9)21(13,18)19/h3-7H,1-2H3,(H2,13,18,19)(H2,15,16,20). The molecule has 0 fully saturated rings. The lowest BCUT2D eigenvalue weighted by atomic mass is 10.3. The molecule has 0 amide bonds. The van der Waals surface area contributed by atoms with Crippen molar-refractivity contribution in [1.29, 1.82) is 0 Å². The average Bonchev–Trinajstić information content (AvgIpc) is 2.70. The van der Waals surface area contributed by atoms with Gasteiger partial charge in [-0.1, -0.05) is 0 Å². The van der Waals surface area contributed by atoms with E-state index >= 15 is 0 Å². The van der Waals surface area contributed by atoms with Crippen molar-refractivity contribution in [3.05, 3.63) is 36.2 Å². The van der Waals surface area contributed by atoms with Crippen LogP contribution in [0.3, 0.4) is 0 Å². The van der Waals surface area contributed by atoms with Crippen molar-refractivity contribution >= 4 is 38.7 Å². The number of primary sulfonamides is 1. The second kappa shape index (κ2) is 5.80. The lowest BCUT2D eigenvalue weighted by molar-refractivity contribution is 0.598. The van der Waals surface area contributed by atoms with Crippen molar-refractivity contribution in [2.75, 3.05) is 10.6 Å². The number of thiocarbonyl (C=S) groups is 1. The third-order valence-electron chi connectivity index (χ3n) is 2.92. The molecule has 0 saturated carbocycles. The number of aryl methyl sites for hydroxylation is 1. The number of nitrogens with zero attached hydrogens (tertiary/aromatic N) is 2. The summed E-state index contributed by atoms with van der Waals surface area (Å²) in [4.78, 5) is 0.0510. The number of sulfonamides is 1. The maximum atomic E-state index is 11.2. The van der Waals surface area contributed by atoms with Gasteiger partial charge < -0.3 is 10.6 Å². The van der Waals surface area contributed by atoms with Crippen LogP contribution < -0.4 is 15.8 Å². The van der Waals surface area contributed by atoms with Gasteiger partial charge in [-0.05, 0) is 43.4 Å². The Bertz CT molecular complexity index is 765. The van der Waals surface area contributed by atoms with Gasteiger partial charge in [0.1, 0.15) is 0 Å². The Kier molecular flexibility index (Phi) is 4.26. The fourth-order valence-corrected chi connectivity index (χ4v) is 2.38. The first-order valence-electron chi connectivity index (χ1n) is 5.97. The van der Waals surface area contributed by atoms with Gasteiger partial charge in [0.05, 0.1) is 22.5 Å². The molecule has 7 nitrogen and oxygen atoms in total. The van der Waals surface area contributed by atoms with Gasteiger partial charge in [-0.25, -0.2) is 13.6 Å². The summed E-state index contributed by atoms with van der Waals surface area (Å²) in [7, 11) is -1.85. The number of hydrogen-bond acceptors (Lipinski definition) is 4. The molecule has 0 atom stereocenters. The number of rotatable bonds is 3. The van der Waals surface area contributed by atoms with Gasteiger partial charge in [-0.3, -0.25) is 4.68 Å². The van der Waals surface area contributed by atoms with Gasteiger partial charge in [-0.2, -0.15) is 5.10 Å². The summed E-state index contributed by atoms with van der Waals surface area (Å²) in [6, 6.07) is 6.00. The van der Waals surface area contributed by atoms with Crippen LogP contribution in [0.5, 0.6) is 0 Å². The first-order valence-corrected chi connectivity index (χ1v) is 7.92. The van der Waals surface area contributed by atoms with Crippen LogP contribution in [0.4, 0.5) is 11.4 Å². The maximum absolute atomic E-state index is 11.2. The van der Waals surface area contributed by atoms with E-state index in [9.17, 15) is 8.42 Å². The highest BCUT2D eigenvalue weighted by Crippen LogP contribution is 2.15. The highest BCUT2D eigenvalue weighted by atomic mass is 32.2. The Morgan fingerprint density at radius 2 is 1.90 bits per heavy atom. The number of aromatic nitrogens is 2. The summed E-state index contributed by atoms with van der Waals surface area (Å²) in [6.07, 6.45) is 1.67. The quantitative estimate of drug-likeness (QED) is 0.733. The molecule has 2 rings (SSSR count). The summed E-state index contributed by atoms with van der Waals surface area (Å²) < 4.78 is 24.0. The van der Waals surface area contributed by atoms with E-state index in [1.54, 1.807) is 23.0 Å². The zero-order valence-corrected chi connectivity index (χ0v) is 13.1. The van der Waals surface area contributed by atoms with Gasteiger partial charge in [0.15, 0.2) is 5.11 Å². The molecule has 4 N–H and O–H groups in total. The van der Waals surface area contributed by atoms with Crippen LogP contribution in [0.2, 0.25) is 0 Å². The normalized spacial score (nSPS) is 11.2. The van der Waals surface area contributed by atoms with Crippen LogP contribution >= 0.6 is 12.2 Å². The zero-order valence-electron chi connectivity index (χ0n) is 11.5. The molecule has 0 aliphatic rings. The van der Waals surface area contributed by atoms with Crippen molar-refractivity contribution in [3.8, 4) is 0 Å². The van der Waals surface area contributed by atoms with E-state index in [0.717, 1.165) is 11.4 Å². The van der Waals surface area contributed by atoms with Crippen molar-refractivity contribution < 1.29 is 8.42 Å². The molecule has 0 saturated heterocycles. The highest BCUT2D eigenvalue weighted by molar-refractivity contribution is 7.89. The zero-order chi connectivity index (χ0) is 15.6. The summed E-state index contributed by atoms with van der Waals surface area (Å²) in [5, 5.41) is 15.5. The summed E-state index contributed by atoms with van der Waals surface area (Å²) in [5.74, 6) is 0. The molecule has 1 heterocycles. The van der Waals surface area contributed by atoms with E-state index in [1.165, 1.54) is 12.1 Å². The lowest BCUT2D eigenvalue weighted by Crippen LogP contribution is -2.19. The van der Waals surface area contributed by atoms with Gasteiger partial charge in [0.25, 0.3) is 0 Å². The number of benzene rings is 1. The second-order valence-corrected chi connectivity index (χ2v) is 6.39. The SMILES string of the molecule is Cc1c(NC(=S)Nc2ccc(S(N)(=O)=O)cc2)cnn1C. The lowest BCUT2D eigenvalue weighted by Gasteiger charge is -2.10. The Balaban J connectivity index is 2.05. The van der Waals surface area contributed by atoms with Gasteiger partial charge in [0.2, 0.25) is 10.0 Å². The number of nitrogens with two attached hydrogens (primary N) is 1. The Morgan fingerprint density at radius 3 is 2.38 bits per heavy atom. The number of anilines is 2. The molecule has 2 aromatic rings. The molecule has 9 heteroatoms. The van der Waals surface area contributed by atoms with Crippen molar-refractivity contribution in [2.45, 2.75) is 11.8 Å². The van der Waals surface area contributed by atoms with E-state index in [-0.39, 0.29) is 4.90 Å². The van der Waals surface area contributed by atoms with Crippen LogP contribution in [0, 0.1) is 6.92 Å². The third-order valence-corrected chi connectivity index (χ3v) is 4.06. The van der Waals surface area contributed by atoms with E-state index in [0.29, 0.717) is 10.8 Å². The summed E-state index contributed by atoms with van der Waals surface area (Å²) in [5.41, 5.74) is 2.40. The first kappa shape index (κ1) is 15.4. The molecular weight excluding hydrogens is 310 g/mol. The minimum Gasteiger partial charge on any atom is -0.332 e. The minimum atomic E-state index is -3.69. The Labute approximate surface area is 128 Å². The molecule has 0 aliphatic carbocycles. The molecule has 0 radical (unpaired) electrons. The van der Waals surface area contributed by atoms with E-state index in [1.807, 2.05) is 14.0 Å². The van der Waals surface area contributed by atoms with Crippen molar-refractivity contribution in [3.63, 3.8) is 0 Å². The van der Waals surface area contributed by atoms with Gasteiger partial charge in [0, 0.05) is 12.7 Å². The van der Waals surface area contributed by atoms with Crippen molar-refractivity contribution in [1.82, 2.24) is 9.78 Å². The van der Waals surface area contributed by atoms with Gasteiger partial charge in [-0.15, -0.1) is 0 Å². The summed E-state index contributed by atoms with van der Waals surface area (Å²) in [6.45, 7) is 1.92. The van der Waals surface area contributed by atoms with E-state index in [4.69, 9.17) is 17.4 Å². The van der Waals surface area contributed by atoms with Crippen LogP contribution in [0.15, 0.2) is 35.4 Å². The second-order valence-electron chi connectivity index (χ2n) is 4.42. The molecule has 112 valence electrons. The predicted molar refractivity (Wildman–Crippen MR) is 85.6 cm³/mol. The Hall–Kier alpha value is -1.97. The molecule has 0 bridgehead atoms. The molecule has 1 aromatic carbocycles. The summed E-state index contributed by atoms with van der Waals surface area (Å²) >= 11 is 5.19. The maximum Gasteiger partial charge on any atom is 0.238 e. The monoisotopic (exact) mass is 325 g/mol. The molecule has 21 heavy (non-hydrogen) atoms. The fraction of sp³-hybridized carbons (Fsp3) is 0.167. The van der Waals surface area contributed by atoms with Gasteiger partial charge >= 0.3 is 0 Å². The molecule has 1 aromatic heterocycles. The Morgan fingerprint density at radius 1 is 1.29 bits per heavy atom. The average molecular weight is 325 g/mol. The fourth-order valence-electron chi connectivity index (χ4n) is 1.63. The first-order chi connectivity index (χ1) is 9.77. The van der Waals surface area contributed by atoms with Crippen LogP contribution in [0.25, 0.3) is 0 Å². The number of hydrogen-bond donors (Lipinski definition) is 3. The molecule has 0 spiro atoms. The van der Waals surface area contributed by atoms with Crippen LogP contribution in [0.1, 0.15) is 5.69 Å². The molecule has 0 unspecified atom stereocenters. The van der Waals surface area contributed by atoms with Crippen LogP contribution in [-0.4, -0.2) is 23.3 Å².